The molecule has 0 aliphatic carbocycles. The van der Waals surface area contributed by atoms with Crippen LogP contribution in [0, 0.1) is 12.8 Å². The van der Waals surface area contributed by atoms with E-state index in [2.05, 4.69) is 42.1 Å². The molecular weight excluding hydrogens is 328 g/mol. The van der Waals surface area contributed by atoms with Gasteiger partial charge < -0.3 is 9.73 Å². The fourth-order valence-electron chi connectivity index (χ4n) is 3.49. The van der Waals surface area contributed by atoms with Gasteiger partial charge in [-0.25, -0.2) is 9.97 Å². The predicted octanol–water partition coefficient (Wildman–Crippen LogP) is 2.71. The quantitative estimate of drug-likeness (QED) is 0.735. The third-order valence-corrected chi connectivity index (χ3v) is 4.71. The Morgan fingerprint density at radius 3 is 2.85 bits per heavy atom. The second kappa shape index (κ2) is 7.70. The molecule has 1 aliphatic heterocycles. The Hall–Kier alpha value is -2.67. The SMILES string of the molecule is Cc1ccc(CN2Cc3ccnn3CC(CCNc3ncccn3)C2)o1. The monoisotopic (exact) mass is 352 g/mol. The topological polar surface area (TPSA) is 72.0 Å². The van der Waals surface area contributed by atoms with E-state index >= 15 is 0 Å². The first-order chi connectivity index (χ1) is 12.8. The molecule has 1 aliphatic rings. The lowest BCUT2D eigenvalue weighted by Gasteiger charge is -2.23. The number of aryl methyl sites for hydroxylation is 1. The minimum atomic E-state index is 0.503. The number of nitrogens with zero attached hydrogens (tertiary/aromatic N) is 5. The second-order valence-electron chi connectivity index (χ2n) is 6.84. The molecule has 1 unspecified atom stereocenters. The fourth-order valence-corrected chi connectivity index (χ4v) is 3.49. The van der Waals surface area contributed by atoms with Crippen molar-refractivity contribution in [2.24, 2.45) is 5.92 Å². The third-order valence-electron chi connectivity index (χ3n) is 4.71. The molecule has 0 aromatic carbocycles. The molecule has 136 valence electrons. The number of hydrogen-bond acceptors (Lipinski definition) is 6. The molecule has 4 heterocycles. The van der Waals surface area contributed by atoms with Gasteiger partial charge in [0.1, 0.15) is 11.5 Å². The van der Waals surface area contributed by atoms with Crippen LogP contribution in [0.15, 0.2) is 47.3 Å². The Morgan fingerprint density at radius 2 is 2.04 bits per heavy atom. The molecule has 3 aromatic rings. The molecule has 4 rings (SSSR count). The first kappa shape index (κ1) is 16.8. The molecule has 0 saturated heterocycles. The second-order valence-corrected chi connectivity index (χ2v) is 6.84. The minimum absolute atomic E-state index is 0.503. The number of nitrogens with one attached hydrogen (secondary N) is 1. The molecule has 0 spiro atoms. The van der Waals surface area contributed by atoms with Gasteiger partial charge in [-0.2, -0.15) is 5.10 Å². The number of anilines is 1. The summed E-state index contributed by atoms with van der Waals surface area (Å²) in [6.45, 7) is 6.50. The van der Waals surface area contributed by atoms with E-state index in [4.69, 9.17) is 4.42 Å². The standard InChI is InChI=1S/C19H24N6O/c1-15-3-4-18(26-15)14-24-11-16(12-25-17(13-24)6-10-23-25)5-9-22-19-20-7-2-8-21-19/h2-4,6-8,10,16H,5,9,11-14H2,1H3,(H,20,21,22). The summed E-state index contributed by atoms with van der Waals surface area (Å²) in [6.07, 6.45) is 6.43. The zero-order valence-electron chi connectivity index (χ0n) is 15.0. The maximum absolute atomic E-state index is 5.78. The van der Waals surface area contributed by atoms with Crippen LogP contribution in [0.5, 0.6) is 0 Å². The third kappa shape index (κ3) is 4.11. The van der Waals surface area contributed by atoms with Crippen molar-refractivity contribution in [3.05, 3.63) is 60.1 Å². The normalized spacial score (nSPS) is 17.7. The van der Waals surface area contributed by atoms with Crippen molar-refractivity contribution in [2.45, 2.75) is 33.0 Å². The van der Waals surface area contributed by atoms with E-state index in [1.807, 2.05) is 25.3 Å². The largest absolute Gasteiger partial charge is 0.465 e. The average Bonchev–Trinajstić information content (AvgIpc) is 3.21. The van der Waals surface area contributed by atoms with Crippen LogP contribution < -0.4 is 5.32 Å². The number of hydrogen-bond donors (Lipinski definition) is 1. The molecule has 0 saturated carbocycles. The number of rotatable bonds is 6. The van der Waals surface area contributed by atoms with Crippen LogP contribution in [0.3, 0.4) is 0 Å². The summed E-state index contributed by atoms with van der Waals surface area (Å²) in [7, 11) is 0. The number of fused-ring (bicyclic) bond motifs is 1. The molecule has 0 bridgehead atoms. The highest BCUT2D eigenvalue weighted by Gasteiger charge is 2.23. The Kier molecular flexibility index (Phi) is 4.97. The molecular formula is C19H24N6O. The molecule has 0 amide bonds. The van der Waals surface area contributed by atoms with Crippen molar-refractivity contribution >= 4 is 5.95 Å². The van der Waals surface area contributed by atoms with E-state index in [1.165, 1.54) is 5.69 Å². The van der Waals surface area contributed by atoms with E-state index in [0.29, 0.717) is 11.9 Å². The highest BCUT2D eigenvalue weighted by Crippen LogP contribution is 2.21. The van der Waals surface area contributed by atoms with Gasteiger partial charge in [-0.3, -0.25) is 9.58 Å². The lowest BCUT2D eigenvalue weighted by atomic mass is 10.1. The molecule has 7 heteroatoms. The van der Waals surface area contributed by atoms with Crippen LogP contribution in [-0.2, 0) is 19.6 Å². The summed E-state index contributed by atoms with van der Waals surface area (Å²) >= 11 is 0. The summed E-state index contributed by atoms with van der Waals surface area (Å²) < 4.78 is 7.91. The van der Waals surface area contributed by atoms with Gasteiger partial charge in [0.05, 0.1) is 12.2 Å². The van der Waals surface area contributed by atoms with Gasteiger partial charge in [-0.05, 0) is 43.5 Å². The average molecular weight is 352 g/mol. The van der Waals surface area contributed by atoms with Gasteiger partial charge >= 0.3 is 0 Å². The highest BCUT2D eigenvalue weighted by molar-refractivity contribution is 5.21. The summed E-state index contributed by atoms with van der Waals surface area (Å²) in [5.74, 6) is 3.17. The first-order valence-electron chi connectivity index (χ1n) is 9.05. The van der Waals surface area contributed by atoms with Crippen molar-refractivity contribution in [1.82, 2.24) is 24.6 Å². The van der Waals surface area contributed by atoms with Crippen molar-refractivity contribution in [1.29, 1.82) is 0 Å². The lowest BCUT2D eigenvalue weighted by molar-refractivity contribution is 0.201. The van der Waals surface area contributed by atoms with Gasteiger partial charge in [-0.1, -0.05) is 0 Å². The summed E-state index contributed by atoms with van der Waals surface area (Å²) in [5, 5.41) is 7.81. The number of aromatic nitrogens is 4. The Bertz CT molecular complexity index is 827. The van der Waals surface area contributed by atoms with Gasteiger partial charge in [0.2, 0.25) is 5.95 Å². The zero-order valence-corrected chi connectivity index (χ0v) is 15.0. The van der Waals surface area contributed by atoms with Crippen LogP contribution in [0.25, 0.3) is 0 Å². The van der Waals surface area contributed by atoms with E-state index in [9.17, 15) is 0 Å². The first-order valence-corrected chi connectivity index (χ1v) is 9.05. The van der Waals surface area contributed by atoms with Crippen LogP contribution in [-0.4, -0.2) is 37.7 Å². The molecule has 0 radical (unpaired) electrons. The van der Waals surface area contributed by atoms with E-state index < -0.39 is 0 Å². The fraction of sp³-hybridized carbons (Fsp3) is 0.421. The molecule has 0 fully saturated rings. The smallest absolute Gasteiger partial charge is 0.222 e. The molecule has 1 N–H and O–H groups in total. The molecule has 7 nitrogen and oxygen atoms in total. The Labute approximate surface area is 153 Å². The van der Waals surface area contributed by atoms with Gasteiger partial charge in [0, 0.05) is 44.8 Å². The summed E-state index contributed by atoms with van der Waals surface area (Å²) in [6, 6.07) is 8.03. The molecule has 3 aromatic heterocycles. The molecule has 1 atom stereocenters. The van der Waals surface area contributed by atoms with Gasteiger partial charge in [0.15, 0.2) is 0 Å². The van der Waals surface area contributed by atoms with Crippen molar-refractivity contribution in [2.75, 3.05) is 18.4 Å². The zero-order chi connectivity index (χ0) is 17.8. The minimum Gasteiger partial charge on any atom is -0.465 e. The van der Waals surface area contributed by atoms with Crippen LogP contribution in [0.4, 0.5) is 5.95 Å². The highest BCUT2D eigenvalue weighted by atomic mass is 16.3. The Morgan fingerprint density at radius 1 is 1.15 bits per heavy atom. The van der Waals surface area contributed by atoms with Crippen LogP contribution in [0.1, 0.15) is 23.6 Å². The van der Waals surface area contributed by atoms with Crippen molar-refractivity contribution < 1.29 is 4.42 Å². The maximum atomic E-state index is 5.78. The van der Waals surface area contributed by atoms with E-state index in [0.717, 1.165) is 50.7 Å². The summed E-state index contributed by atoms with van der Waals surface area (Å²) in [4.78, 5) is 10.9. The van der Waals surface area contributed by atoms with Crippen molar-refractivity contribution in [3.8, 4) is 0 Å². The van der Waals surface area contributed by atoms with E-state index in [1.54, 1.807) is 12.4 Å². The predicted molar refractivity (Wildman–Crippen MR) is 98.4 cm³/mol. The Balaban J connectivity index is 1.40. The maximum Gasteiger partial charge on any atom is 0.222 e. The van der Waals surface area contributed by atoms with Crippen LogP contribution in [0.2, 0.25) is 0 Å². The summed E-state index contributed by atoms with van der Waals surface area (Å²) in [5.41, 5.74) is 1.26. The van der Waals surface area contributed by atoms with Gasteiger partial charge in [0.25, 0.3) is 0 Å². The van der Waals surface area contributed by atoms with Gasteiger partial charge in [-0.15, -0.1) is 0 Å². The van der Waals surface area contributed by atoms with Crippen molar-refractivity contribution in [3.63, 3.8) is 0 Å². The van der Waals surface area contributed by atoms with Crippen LogP contribution >= 0.6 is 0 Å². The van der Waals surface area contributed by atoms with E-state index in [-0.39, 0.29) is 0 Å². The lowest BCUT2D eigenvalue weighted by Crippen LogP contribution is -2.28. The molecule has 26 heavy (non-hydrogen) atoms. The number of furan rings is 1.